The van der Waals surface area contributed by atoms with Gasteiger partial charge in [-0.15, -0.1) is 0 Å². The number of halogens is 2. The molecule has 102 valence electrons. The lowest BCUT2D eigenvalue weighted by atomic mass is 9.94. The molecule has 1 fully saturated rings. The summed E-state index contributed by atoms with van der Waals surface area (Å²) in [6, 6.07) is 5.31. The number of carbonyl (C=O) groups is 2. The Labute approximate surface area is 108 Å². The maximum absolute atomic E-state index is 13.3. The average molecular weight is 269 g/mol. The van der Waals surface area contributed by atoms with E-state index < -0.39 is 23.7 Å². The highest BCUT2D eigenvalue weighted by Gasteiger charge is 2.77. The van der Waals surface area contributed by atoms with Gasteiger partial charge < -0.3 is 10.0 Å². The maximum atomic E-state index is 13.3. The molecule has 1 aliphatic carbocycles. The van der Waals surface area contributed by atoms with Gasteiger partial charge in [0.15, 0.2) is 5.41 Å². The Morgan fingerprint density at radius 3 is 2.00 bits per heavy atom. The fraction of sp³-hybridized carbons (Fsp3) is 0.385. The highest BCUT2D eigenvalue weighted by molar-refractivity contribution is 5.94. The highest BCUT2D eigenvalue weighted by Crippen LogP contribution is 2.61. The van der Waals surface area contributed by atoms with Crippen LogP contribution in [0.3, 0.4) is 0 Å². The van der Waals surface area contributed by atoms with Crippen molar-refractivity contribution in [1.29, 1.82) is 0 Å². The van der Waals surface area contributed by atoms with E-state index in [0.29, 0.717) is 5.56 Å². The van der Waals surface area contributed by atoms with E-state index in [2.05, 4.69) is 0 Å². The summed E-state index contributed by atoms with van der Waals surface area (Å²) in [5, 5.41) is 9.00. The molecule has 1 unspecified atom stereocenters. The zero-order valence-electron chi connectivity index (χ0n) is 10.5. The molecule has 19 heavy (non-hydrogen) atoms. The van der Waals surface area contributed by atoms with E-state index in [4.69, 9.17) is 5.11 Å². The number of alkyl halides is 2. The minimum atomic E-state index is -3.23. The predicted molar refractivity (Wildman–Crippen MR) is 63.3 cm³/mol. The van der Waals surface area contributed by atoms with Crippen molar-refractivity contribution < 1.29 is 23.5 Å². The lowest BCUT2D eigenvalue weighted by molar-refractivity contribution is -0.142. The minimum absolute atomic E-state index is 0.0281. The van der Waals surface area contributed by atoms with Crippen molar-refractivity contribution >= 4 is 11.9 Å². The number of amides is 1. The van der Waals surface area contributed by atoms with Crippen LogP contribution in [-0.4, -0.2) is 41.9 Å². The molecule has 4 nitrogen and oxygen atoms in total. The van der Waals surface area contributed by atoms with Gasteiger partial charge in [0.05, 0.1) is 0 Å². The number of carboxylic acids is 1. The summed E-state index contributed by atoms with van der Waals surface area (Å²) in [5.41, 5.74) is -1.77. The number of carbonyl (C=O) groups excluding carboxylic acids is 1. The summed E-state index contributed by atoms with van der Waals surface area (Å²) in [5.74, 6) is -5.03. The summed E-state index contributed by atoms with van der Waals surface area (Å²) >= 11 is 0. The van der Waals surface area contributed by atoms with E-state index in [0.717, 1.165) is 0 Å². The van der Waals surface area contributed by atoms with Crippen LogP contribution in [0.1, 0.15) is 22.3 Å². The normalized spacial score (nSPS) is 23.8. The largest absolute Gasteiger partial charge is 0.480 e. The predicted octanol–water partition coefficient (Wildman–Crippen LogP) is 1.75. The molecule has 1 amide bonds. The van der Waals surface area contributed by atoms with Crippen molar-refractivity contribution in [3.8, 4) is 0 Å². The topological polar surface area (TPSA) is 57.6 Å². The van der Waals surface area contributed by atoms with Crippen LogP contribution in [0.4, 0.5) is 8.78 Å². The Hall–Kier alpha value is -1.98. The van der Waals surface area contributed by atoms with Gasteiger partial charge in [0.1, 0.15) is 0 Å². The Morgan fingerprint density at radius 2 is 1.68 bits per heavy atom. The molecule has 1 aromatic rings. The average Bonchev–Trinajstić information content (AvgIpc) is 2.93. The van der Waals surface area contributed by atoms with Gasteiger partial charge in [-0.05, 0) is 17.7 Å². The highest BCUT2D eigenvalue weighted by atomic mass is 19.3. The Balaban J connectivity index is 2.34. The number of aliphatic carboxylic acids is 1. The number of rotatable bonds is 3. The summed E-state index contributed by atoms with van der Waals surface area (Å²) in [7, 11) is 3.15. The molecule has 0 saturated heterocycles. The number of carboxylic acid groups (broad SMARTS) is 1. The Bertz CT molecular complexity index is 539. The number of nitrogens with zero attached hydrogens (tertiary/aromatic N) is 1. The lowest BCUT2D eigenvalue weighted by Crippen LogP contribution is -2.27. The third kappa shape index (κ3) is 1.87. The minimum Gasteiger partial charge on any atom is -0.480 e. The molecule has 0 bridgehead atoms. The Morgan fingerprint density at radius 1 is 1.21 bits per heavy atom. The summed E-state index contributed by atoms with van der Waals surface area (Å²) in [4.78, 5) is 24.1. The molecule has 1 aliphatic rings. The number of hydrogen-bond donors (Lipinski definition) is 1. The van der Waals surface area contributed by atoms with Gasteiger partial charge >= 0.3 is 5.97 Å². The standard InChI is InChI=1S/C13H13F2NO3/c1-16(2)10(17)8-3-5-9(6-4-8)12(11(18)19)7-13(12,14)15/h3-6H,7H2,1-2H3,(H,18,19). The van der Waals surface area contributed by atoms with E-state index >= 15 is 0 Å². The first-order valence-electron chi connectivity index (χ1n) is 5.66. The second-order valence-corrected chi connectivity index (χ2v) is 4.87. The second-order valence-electron chi connectivity index (χ2n) is 4.87. The van der Waals surface area contributed by atoms with Crippen molar-refractivity contribution in [2.75, 3.05) is 14.1 Å². The van der Waals surface area contributed by atoms with Crippen LogP contribution in [-0.2, 0) is 10.2 Å². The first-order valence-corrected chi connectivity index (χ1v) is 5.66. The summed E-state index contributed by atoms with van der Waals surface area (Å²) in [6.45, 7) is 0. The van der Waals surface area contributed by atoms with Gasteiger partial charge in [0, 0.05) is 26.1 Å². The third-order valence-electron chi connectivity index (χ3n) is 3.38. The van der Waals surface area contributed by atoms with Gasteiger partial charge in [0.2, 0.25) is 0 Å². The van der Waals surface area contributed by atoms with Crippen LogP contribution >= 0.6 is 0 Å². The molecule has 6 heteroatoms. The zero-order chi connectivity index (χ0) is 14.4. The summed E-state index contributed by atoms with van der Waals surface area (Å²) in [6.07, 6.45) is -0.698. The van der Waals surface area contributed by atoms with Crippen LogP contribution in [0, 0.1) is 0 Å². The first-order chi connectivity index (χ1) is 8.72. The van der Waals surface area contributed by atoms with E-state index in [1.807, 2.05) is 0 Å². The van der Waals surface area contributed by atoms with Crippen LogP contribution in [0.2, 0.25) is 0 Å². The molecule has 0 aliphatic heterocycles. The molecular formula is C13H13F2NO3. The quantitative estimate of drug-likeness (QED) is 0.909. The first kappa shape index (κ1) is 13.5. The van der Waals surface area contributed by atoms with E-state index in [9.17, 15) is 18.4 Å². The van der Waals surface area contributed by atoms with Crippen molar-refractivity contribution in [3.63, 3.8) is 0 Å². The Kier molecular flexibility index (Phi) is 2.84. The van der Waals surface area contributed by atoms with Crippen LogP contribution in [0.15, 0.2) is 24.3 Å². The van der Waals surface area contributed by atoms with Gasteiger partial charge in [-0.1, -0.05) is 12.1 Å². The van der Waals surface area contributed by atoms with Gasteiger partial charge in [-0.2, -0.15) is 0 Å². The third-order valence-corrected chi connectivity index (χ3v) is 3.38. The molecule has 1 atom stereocenters. The van der Waals surface area contributed by atoms with Gasteiger partial charge in [-0.25, -0.2) is 8.78 Å². The fourth-order valence-corrected chi connectivity index (χ4v) is 2.11. The van der Waals surface area contributed by atoms with Gasteiger partial charge in [-0.3, -0.25) is 9.59 Å². The summed E-state index contributed by atoms with van der Waals surface area (Å²) < 4.78 is 26.6. The molecule has 1 saturated carbocycles. The molecule has 0 radical (unpaired) electrons. The van der Waals surface area contributed by atoms with Crippen LogP contribution in [0.5, 0.6) is 0 Å². The van der Waals surface area contributed by atoms with Crippen molar-refractivity contribution in [3.05, 3.63) is 35.4 Å². The van der Waals surface area contributed by atoms with Crippen LogP contribution in [0.25, 0.3) is 0 Å². The van der Waals surface area contributed by atoms with Crippen LogP contribution < -0.4 is 0 Å². The molecular weight excluding hydrogens is 256 g/mol. The molecule has 0 spiro atoms. The van der Waals surface area contributed by atoms with E-state index in [1.165, 1.54) is 29.2 Å². The smallest absolute Gasteiger partial charge is 0.320 e. The van der Waals surface area contributed by atoms with E-state index in [-0.39, 0.29) is 11.5 Å². The van der Waals surface area contributed by atoms with Crippen molar-refractivity contribution in [2.24, 2.45) is 0 Å². The number of benzene rings is 1. The lowest BCUT2D eigenvalue weighted by Gasteiger charge is -2.14. The van der Waals surface area contributed by atoms with Crippen molar-refractivity contribution in [1.82, 2.24) is 4.90 Å². The SMILES string of the molecule is CN(C)C(=O)c1ccc(C2(C(=O)O)CC2(F)F)cc1. The molecule has 2 rings (SSSR count). The van der Waals surface area contributed by atoms with Gasteiger partial charge in [0.25, 0.3) is 11.8 Å². The maximum Gasteiger partial charge on any atom is 0.320 e. The molecule has 1 aromatic carbocycles. The van der Waals surface area contributed by atoms with E-state index in [1.54, 1.807) is 14.1 Å². The second kappa shape index (κ2) is 4.01. The molecule has 1 N–H and O–H groups in total. The van der Waals surface area contributed by atoms with Crippen molar-refractivity contribution in [2.45, 2.75) is 17.8 Å². The molecule has 0 aromatic heterocycles. The number of hydrogen-bond acceptors (Lipinski definition) is 2. The zero-order valence-corrected chi connectivity index (χ0v) is 10.5. The monoisotopic (exact) mass is 269 g/mol. The fourth-order valence-electron chi connectivity index (χ4n) is 2.11. The molecule has 0 heterocycles.